The van der Waals surface area contributed by atoms with Crippen molar-refractivity contribution in [3.8, 4) is 0 Å². The maximum atomic E-state index is 4.60. The average molecular weight is 475 g/mol. The van der Waals surface area contributed by atoms with Gasteiger partial charge in [0, 0.05) is 55.2 Å². The first kappa shape index (κ1) is 21.1. The number of rotatable bonds is 5. The summed E-state index contributed by atoms with van der Waals surface area (Å²) in [6.07, 6.45) is 16.5. The summed E-state index contributed by atoms with van der Waals surface area (Å²) in [5.41, 5.74) is 0.658. The van der Waals surface area contributed by atoms with Gasteiger partial charge in [0.1, 0.15) is 6.04 Å². The first-order valence-corrected chi connectivity index (χ1v) is 10.9. The summed E-state index contributed by atoms with van der Waals surface area (Å²) in [7, 11) is 0. The minimum Gasteiger partial charge on any atom is -0.259 e. The van der Waals surface area contributed by atoms with Crippen LogP contribution in [0.5, 0.6) is 0 Å². The van der Waals surface area contributed by atoms with Gasteiger partial charge in [0.2, 0.25) is 0 Å². The molecule has 0 N–H and O–H groups in total. The summed E-state index contributed by atoms with van der Waals surface area (Å²) < 4.78 is 0. The summed E-state index contributed by atoms with van der Waals surface area (Å²) >= 11 is 0. The van der Waals surface area contributed by atoms with Crippen molar-refractivity contribution in [2.75, 3.05) is 15.1 Å². The third-order valence-corrected chi connectivity index (χ3v) is 5.21. The Morgan fingerprint density at radius 1 is 0.611 bits per heavy atom. The van der Waals surface area contributed by atoms with E-state index >= 15 is 0 Å². The van der Waals surface area contributed by atoms with Crippen LogP contribution >= 0.6 is 0 Å². The molecule has 0 fully saturated rings. The first-order valence-electron chi connectivity index (χ1n) is 10.9. The third kappa shape index (κ3) is 3.90. The van der Waals surface area contributed by atoms with Crippen molar-refractivity contribution >= 4 is 23.0 Å². The van der Waals surface area contributed by atoms with Crippen molar-refractivity contribution in [1.82, 2.24) is 50.3 Å². The Bertz CT molecular complexity index is 1440. The zero-order chi connectivity index (χ0) is 24.2. The number of hydrogen-bond acceptors (Lipinski definition) is 13. The lowest BCUT2D eigenvalue weighted by Crippen LogP contribution is -2.58. The van der Waals surface area contributed by atoms with Crippen LogP contribution in [0.1, 0.15) is 17.7 Å². The molecule has 5 aromatic heterocycles. The lowest BCUT2D eigenvalue weighted by Gasteiger charge is -2.48. The molecule has 0 aliphatic carbocycles. The van der Waals surface area contributed by atoms with E-state index in [9.17, 15) is 0 Å². The number of hydrazine groups is 2. The molecular weight excluding hydrogens is 458 g/mol. The van der Waals surface area contributed by atoms with Crippen LogP contribution in [0.3, 0.4) is 0 Å². The molecule has 0 saturated carbocycles. The fourth-order valence-electron chi connectivity index (χ4n) is 3.77. The Hall–Kier alpha value is -5.46. The van der Waals surface area contributed by atoms with E-state index in [4.69, 9.17) is 0 Å². The SMILES string of the molecule is C1=C(c2nccnn2)C(c2ncccn2)N(c2cnccn2)N(c2cccnn2)N1c1ccccn1. The highest BCUT2D eigenvalue weighted by Crippen LogP contribution is 2.42. The zero-order valence-corrected chi connectivity index (χ0v) is 18.6. The number of hydrogen-bond donors (Lipinski definition) is 0. The molecule has 13 nitrogen and oxygen atoms in total. The van der Waals surface area contributed by atoms with Crippen LogP contribution in [-0.2, 0) is 0 Å². The largest absolute Gasteiger partial charge is 0.259 e. The lowest BCUT2D eigenvalue weighted by atomic mass is 10.0. The molecule has 0 aromatic carbocycles. The molecule has 6 heterocycles. The van der Waals surface area contributed by atoms with Gasteiger partial charge in [0.05, 0.1) is 12.4 Å². The molecular formula is C23H17N13. The number of anilines is 3. The quantitative estimate of drug-likeness (QED) is 0.367. The normalized spacial score (nSPS) is 15.5. The Kier molecular flexibility index (Phi) is 5.52. The second kappa shape index (κ2) is 9.42. The number of aromatic nitrogens is 10. The minimum absolute atomic E-state index is 0.392. The minimum atomic E-state index is -0.630. The smallest absolute Gasteiger partial charge is 0.192 e. The Labute approximate surface area is 204 Å². The topological polar surface area (TPSA) is 139 Å². The molecule has 13 heteroatoms. The summed E-state index contributed by atoms with van der Waals surface area (Å²) in [6.45, 7) is 0. The Morgan fingerprint density at radius 2 is 1.42 bits per heavy atom. The Balaban J connectivity index is 1.67. The lowest BCUT2D eigenvalue weighted by molar-refractivity contribution is 0.598. The van der Waals surface area contributed by atoms with Crippen LogP contribution < -0.4 is 15.1 Å². The monoisotopic (exact) mass is 475 g/mol. The van der Waals surface area contributed by atoms with Gasteiger partial charge in [-0.2, -0.15) is 15.3 Å². The van der Waals surface area contributed by atoms with Crippen LogP contribution in [0.25, 0.3) is 5.57 Å². The third-order valence-electron chi connectivity index (χ3n) is 5.21. The molecule has 6 rings (SSSR count). The highest BCUT2D eigenvalue weighted by atomic mass is 15.9. The van der Waals surface area contributed by atoms with E-state index < -0.39 is 6.04 Å². The van der Waals surface area contributed by atoms with Gasteiger partial charge in [-0.1, -0.05) is 6.07 Å². The van der Waals surface area contributed by atoms with Gasteiger partial charge in [0.25, 0.3) is 0 Å². The van der Waals surface area contributed by atoms with Crippen molar-refractivity contribution < 1.29 is 0 Å². The molecule has 0 bridgehead atoms. The predicted octanol–water partition coefficient (Wildman–Crippen LogP) is 2.08. The van der Waals surface area contributed by atoms with Gasteiger partial charge < -0.3 is 0 Å². The summed E-state index contributed by atoms with van der Waals surface area (Å²) in [6, 6.07) is 10.4. The molecule has 1 unspecified atom stereocenters. The highest BCUT2D eigenvalue weighted by molar-refractivity contribution is 5.78. The van der Waals surface area contributed by atoms with E-state index in [2.05, 4.69) is 50.3 Å². The molecule has 0 saturated heterocycles. The van der Waals surface area contributed by atoms with E-state index in [0.29, 0.717) is 34.7 Å². The van der Waals surface area contributed by atoms with E-state index in [1.807, 2.05) is 40.5 Å². The van der Waals surface area contributed by atoms with Crippen LogP contribution in [-0.4, -0.2) is 50.3 Å². The van der Waals surface area contributed by atoms with Crippen molar-refractivity contribution in [3.05, 3.63) is 110 Å². The maximum absolute atomic E-state index is 4.60. The molecule has 36 heavy (non-hydrogen) atoms. The molecule has 174 valence electrons. The average Bonchev–Trinajstić information content (AvgIpc) is 2.98. The zero-order valence-electron chi connectivity index (χ0n) is 18.6. The van der Waals surface area contributed by atoms with Crippen LogP contribution in [0.4, 0.5) is 17.5 Å². The van der Waals surface area contributed by atoms with Crippen molar-refractivity contribution in [2.24, 2.45) is 0 Å². The fourth-order valence-corrected chi connectivity index (χ4v) is 3.77. The standard InChI is InChI=1S/C23H17N13/c1-2-7-25-18(5-1)34-16-17(22-29-13-14-31-33-22)21(23-27-8-4-9-28-23)35(20-15-24-11-12-26-20)36(34)19-6-3-10-30-32-19/h1-16,21H. The molecule has 1 aliphatic heterocycles. The molecule has 1 atom stereocenters. The highest BCUT2D eigenvalue weighted by Gasteiger charge is 2.42. The Morgan fingerprint density at radius 3 is 2.14 bits per heavy atom. The van der Waals surface area contributed by atoms with Crippen LogP contribution in [0.2, 0.25) is 0 Å². The second-order valence-corrected chi connectivity index (χ2v) is 7.37. The molecule has 1 aliphatic rings. The van der Waals surface area contributed by atoms with E-state index in [-0.39, 0.29) is 0 Å². The fraction of sp³-hybridized carbons (Fsp3) is 0.0435. The van der Waals surface area contributed by atoms with Crippen molar-refractivity contribution in [2.45, 2.75) is 6.04 Å². The summed E-state index contributed by atoms with van der Waals surface area (Å²) in [4.78, 5) is 27.1. The van der Waals surface area contributed by atoms with Gasteiger partial charge in [0.15, 0.2) is 29.1 Å². The first-order chi connectivity index (χ1) is 17.9. The number of nitrogens with zero attached hydrogens (tertiary/aromatic N) is 13. The van der Waals surface area contributed by atoms with Crippen LogP contribution in [0.15, 0.2) is 98.4 Å². The van der Waals surface area contributed by atoms with Gasteiger partial charge in [-0.3, -0.25) is 4.98 Å². The summed E-state index contributed by atoms with van der Waals surface area (Å²) in [5.74, 6) is 2.47. The summed E-state index contributed by atoms with van der Waals surface area (Å²) in [5, 5.41) is 22.3. The van der Waals surface area contributed by atoms with E-state index in [1.165, 1.54) is 6.20 Å². The molecule has 0 spiro atoms. The van der Waals surface area contributed by atoms with Crippen LogP contribution in [0, 0.1) is 0 Å². The van der Waals surface area contributed by atoms with E-state index in [1.54, 1.807) is 66.8 Å². The van der Waals surface area contributed by atoms with Crippen molar-refractivity contribution in [3.63, 3.8) is 0 Å². The van der Waals surface area contributed by atoms with E-state index in [0.717, 1.165) is 0 Å². The molecule has 0 amide bonds. The van der Waals surface area contributed by atoms with Gasteiger partial charge >= 0.3 is 0 Å². The predicted molar refractivity (Wildman–Crippen MR) is 128 cm³/mol. The second-order valence-electron chi connectivity index (χ2n) is 7.37. The van der Waals surface area contributed by atoms with Gasteiger partial charge in [-0.25, -0.2) is 34.9 Å². The van der Waals surface area contributed by atoms with Gasteiger partial charge in [-0.05, 0) is 30.3 Å². The van der Waals surface area contributed by atoms with Crippen molar-refractivity contribution in [1.29, 1.82) is 0 Å². The maximum Gasteiger partial charge on any atom is 0.192 e. The molecule has 0 radical (unpaired) electrons. The molecule has 5 aromatic rings. The van der Waals surface area contributed by atoms with Gasteiger partial charge in [-0.15, -0.1) is 10.2 Å². The number of pyridine rings is 1.